The lowest BCUT2D eigenvalue weighted by Crippen LogP contribution is -2.74. The zero-order valence-corrected chi connectivity index (χ0v) is 17.5. The molecule has 0 N–H and O–H groups in total. The van der Waals surface area contributed by atoms with Gasteiger partial charge in [-0.1, -0.05) is 80.6 Å². The van der Waals surface area contributed by atoms with E-state index in [1.54, 1.807) is 4.90 Å². The summed E-state index contributed by atoms with van der Waals surface area (Å²) in [4.78, 5) is 29.7. The molecule has 2 fully saturated rings. The van der Waals surface area contributed by atoms with Crippen molar-refractivity contribution >= 4 is 12.0 Å². The summed E-state index contributed by atoms with van der Waals surface area (Å²) < 4.78 is 5.41. The number of benzene rings is 2. The van der Waals surface area contributed by atoms with Crippen molar-refractivity contribution in [1.82, 2.24) is 9.80 Å². The quantitative estimate of drug-likeness (QED) is 0.502. The Balaban J connectivity index is 1.67. The van der Waals surface area contributed by atoms with Gasteiger partial charge in [-0.15, -0.1) is 6.58 Å². The monoisotopic (exact) mass is 404 g/mol. The van der Waals surface area contributed by atoms with Gasteiger partial charge in [-0.25, -0.2) is 4.79 Å². The third-order valence-electron chi connectivity index (χ3n) is 6.23. The van der Waals surface area contributed by atoms with Crippen LogP contribution in [-0.4, -0.2) is 40.5 Å². The summed E-state index contributed by atoms with van der Waals surface area (Å²) in [6.07, 6.45) is 2.21. The topological polar surface area (TPSA) is 49.9 Å². The maximum Gasteiger partial charge on any atom is 0.411 e. The molecular formula is C25H28N2O3. The molecule has 0 saturated carbocycles. The second-order valence-corrected chi connectivity index (χ2v) is 8.73. The molecule has 0 radical (unpaired) electrons. The number of carbonyl (C=O) groups excluding carboxylic acids is 2. The van der Waals surface area contributed by atoms with E-state index in [0.717, 1.165) is 17.5 Å². The van der Waals surface area contributed by atoms with Gasteiger partial charge in [0.25, 0.3) is 0 Å². The maximum atomic E-state index is 13.4. The van der Waals surface area contributed by atoms with Crippen LogP contribution >= 0.6 is 0 Å². The van der Waals surface area contributed by atoms with Gasteiger partial charge in [-0.05, 0) is 23.0 Å². The third-order valence-corrected chi connectivity index (χ3v) is 6.23. The van der Waals surface area contributed by atoms with Crippen LogP contribution in [0.1, 0.15) is 37.4 Å². The Morgan fingerprint density at radius 3 is 2.33 bits per heavy atom. The molecule has 2 heterocycles. The van der Waals surface area contributed by atoms with Gasteiger partial charge >= 0.3 is 6.09 Å². The Morgan fingerprint density at radius 2 is 1.70 bits per heavy atom. The average Bonchev–Trinajstić information content (AvgIpc) is 3.12. The first-order valence-electron chi connectivity index (χ1n) is 10.4. The third kappa shape index (κ3) is 3.49. The van der Waals surface area contributed by atoms with Gasteiger partial charge in [-0.3, -0.25) is 9.69 Å². The molecule has 0 aromatic heterocycles. The summed E-state index contributed by atoms with van der Waals surface area (Å²) in [6, 6.07) is 18.8. The van der Waals surface area contributed by atoms with Crippen molar-refractivity contribution in [3.05, 3.63) is 84.4 Å². The summed E-state index contributed by atoms with van der Waals surface area (Å²) in [7, 11) is 0. The van der Waals surface area contributed by atoms with Gasteiger partial charge in [0.15, 0.2) is 0 Å². The van der Waals surface area contributed by atoms with Gasteiger partial charge in [0.05, 0.1) is 12.1 Å². The average molecular weight is 405 g/mol. The maximum absolute atomic E-state index is 13.4. The van der Waals surface area contributed by atoms with E-state index in [1.165, 1.54) is 0 Å². The lowest BCUT2D eigenvalue weighted by atomic mass is 9.71. The summed E-state index contributed by atoms with van der Waals surface area (Å²) in [5.41, 5.74) is 1.82. The van der Waals surface area contributed by atoms with Gasteiger partial charge in [0, 0.05) is 6.54 Å². The lowest BCUT2D eigenvalue weighted by molar-refractivity contribution is -0.168. The summed E-state index contributed by atoms with van der Waals surface area (Å²) in [5, 5.41) is 0. The van der Waals surface area contributed by atoms with E-state index in [1.807, 2.05) is 71.6 Å². The first-order chi connectivity index (χ1) is 14.4. The van der Waals surface area contributed by atoms with Gasteiger partial charge in [-0.2, -0.15) is 0 Å². The van der Waals surface area contributed by atoms with E-state index in [9.17, 15) is 9.59 Å². The molecule has 0 spiro atoms. The van der Waals surface area contributed by atoms with Crippen molar-refractivity contribution in [3.8, 4) is 0 Å². The number of rotatable bonds is 7. The molecule has 3 unspecified atom stereocenters. The molecule has 2 aromatic carbocycles. The first-order valence-corrected chi connectivity index (χ1v) is 10.4. The predicted molar refractivity (Wildman–Crippen MR) is 116 cm³/mol. The first kappa shape index (κ1) is 20.2. The second kappa shape index (κ2) is 7.98. The molecule has 5 nitrogen and oxygen atoms in total. The van der Waals surface area contributed by atoms with Crippen molar-refractivity contribution in [2.75, 3.05) is 6.61 Å². The highest BCUT2D eigenvalue weighted by Crippen LogP contribution is 2.45. The summed E-state index contributed by atoms with van der Waals surface area (Å²) in [6.45, 7) is 8.97. The highest BCUT2D eigenvalue weighted by Gasteiger charge is 2.60. The van der Waals surface area contributed by atoms with Crippen LogP contribution in [0.4, 0.5) is 4.79 Å². The number of carbonyl (C=O) groups is 2. The van der Waals surface area contributed by atoms with Crippen molar-refractivity contribution in [2.45, 2.75) is 44.9 Å². The number of allylic oxidation sites excluding steroid dienone is 1. The molecule has 30 heavy (non-hydrogen) atoms. The zero-order chi connectivity index (χ0) is 21.3. The number of hydrogen-bond acceptors (Lipinski definition) is 3. The molecule has 0 aliphatic carbocycles. The van der Waals surface area contributed by atoms with Crippen LogP contribution in [0.3, 0.4) is 0 Å². The largest absolute Gasteiger partial charge is 0.447 e. The normalized spacial score (nSPS) is 23.9. The van der Waals surface area contributed by atoms with Crippen LogP contribution in [0.25, 0.3) is 0 Å². The number of likely N-dealkylation sites (tertiary alicyclic amines) is 1. The molecule has 2 aromatic rings. The number of ether oxygens (including phenoxy) is 1. The second-order valence-electron chi connectivity index (χ2n) is 8.73. The smallest absolute Gasteiger partial charge is 0.411 e. The molecule has 2 aliphatic rings. The number of amides is 2. The Kier molecular flexibility index (Phi) is 5.37. The number of hydrogen-bond donors (Lipinski definition) is 0. The molecule has 0 bridgehead atoms. The van der Waals surface area contributed by atoms with Crippen molar-refractivity contribution in [1.29, 1.82) is 0 Å². The SMILES string of the molecule is C=CCC(C)(C)C1C(N2C(=O)OCC2c2ccccc2)C(=O)N1Cc1ccccc1. The standard InChI is InChI=1S/C25H28N2O3/c1-4-15-25(2,3)22-21(23(28)26(22)16-18-11-7-5-8-12-18)27-20(17-30-24(27)29)19-13-9-6-10-14-19/h4-14,20-22H,1,15-17H2,2-3H3. The van der Waals surface area contributed by atoms with Crippen LogP contribution in [0.15, 0.2) is 73.3 Å². The van der Waals surface area contributed by atoms with Crippen molar-refractivity contribution < 1.29 is 14.3 Å². The van der Waals surface area contributed by atoms with E-state index in [0.29, 0.717) is 6.54 Å². The molecule has 5 heteroatoms. The van der Waals surface area contributed by atoms with E-state index >= 15 is 0 Å². The molecule has 4 rings (SSSR count). The van der Waals surface area contributed by atoms with Gasteiger partial charge in [0.1, 0.15) is 12.6 Å². The Hall–Kier alpha value is -3.08. The zero-order valence-electron chi connectivity index (χ0n) is 17.5. The fraction of sp³-hybridized carbons (Fsp3) is 0.360. The highest BCUT2D eigenvalue weighted by atomic mass is 16.6. The van der Waals surface area contributed by atoms with E-state index in [-0.39, 0.29) is 30.0 Å². The number of β-lactam (4-membered cyclic amide) rings is 1. The molecule has 3 atom stereocenters. The van der Waals surface area contributed by atoms with Crippen molar-refractivity contribution in [2.24, 2.45) is 5.41 Å². The number of nitrogens with zero attached hydrogens (tertiary/aromatic N) is 2. The summed E-state index contributed by atoms with van der Waals surface area (Å²) >= 11 is 0. The molecule has 2 aliphatic heterocycles. The minimum absolute atomic E-state index is 0.0271. The fourth-order valence-corrected chi connectivity index (χ4v) is 4.77. The van der Waals surface area contributed by atoms with Crippen LogP contribution < -0.4 is 0 Å². The Labute approximate surface area is 177 Å². The van der Waals surface area contributed by atoms with E-state index < -0.39 is 12.1 Å². The Bertz CT molecular complexity index is 926. The summed E-state index contributed by atoms with van der Waals surface area (Å²) in [5.74, 6) is -0.0271. The van der Waals surface area contributed by atoms with Crippen LogP contribution in [-0.2, 0) is 16.1 Å². The molecular weight excluding hydrogens is 376 g/mol. The van der Waals surface area contributed by atoms with Crippen LogP contribution in [0.2, 0.25) is 0 Å². The van der Waals surface area contributed by atoms with Crippen LogP contribution in [0.5, 0.6) is 0 Å². The molecule has 2 amide bonds. The van der Waals surface area contributed by atoms with Gasteiger partial charge < -0.3 is 9.64 Å². The molecule has 2 saturated heterocycles. The minimum atomic E-state index is -0.538. The predicted octanol–water partition coefficient (Wildman–Crippen LogP) is 4.56. The van der Waals surface area contributed by atoms with E-state index in [4.69, 9.17) is 4.74 Å². The fourth-order valence-electron chi connectivity index (χ4n) is 4.77. The molecule has 156 valence electrons. The minimum Gasteiger partial charge on any atom is -0.447 e. The lowest BCUT2D eigenvalue weighted by Gasteiger charge is -2.56. The highest BCUT2D eigenvalue weighted by molar-refractivity contribution is 5.93. The van der Waals surface area contributed by atoms with Crippen LogP contribution in [0, 0.1) is 5.41 Å². The Morgan fingerprint density at radius 1 is 1.07 bits per heavy atom. The number of cyclic esters (lactones) is 1. The van der Waals surface area contributed by atoms with Crippen molar-refractivity contribution in [3.63, 3.8) is 0 Å². The van der Waals surface area contributed by atoms with Gasteiger partial charge in [0.2, 0.25) is 5.91 Å². The van der Waals surface area contributed by atoms with E-state index in [2.05, 4.69) is 20.4 Å².